The van der Waals surface area contributed by atoms with Crippen LogP contribution in [0.15, 0.2) is 18.2 Å². The highest BCUT2D eigenvalue weighted by molar-refractivity contribution is 5.29. The van der Waals surface area contributed by atoms with Gasteiger partial charge in [0, 0.05) is 6.07 Å². The molecule has 0 radical (unpaired) electrons. The van der Waals surface area contributed by atoms with E-state index in [2.05, 4.69) is 4.84 Å². The summed E-state index contributed by atoms with van der Waals surface area (Å²) in [5.74, 6) is 5.82. The fourth-order valence-corrected chi connectivity index (χ4v) is 1.76. The largest absolute Gasteiger partial charge is 0.493 e. The second-order valence-corrected chi connectivity index (χ2v) is 4.21. The lowest BCUT2D eigenvalue weighted by atomic mass is 9.86. The first-order chi connectivity index (χ1) is 7.78. The van der Waals surface area contributed by atoms with Gasteiger partial charge in [0.1, 0.15) is 11.6 Å². The maximum atomic E-state index is 13.2. The van der Waals surface area contributed by atoms with Crippen molar-refractivity contribution in [3.05, 3.63) is 29.6 Å². The summed E-state index contributed by atoms with van der Waals surface area (Å²) in [6.07, 6.45) is 3.71. The molecule has 4 heteroatoms. The summed E-state index contributed by atoms with van der Waals surface area (Å²) in [4.78, 5) is 4.47. The molecule has 3 nitrogen and oxygen atoms in total. The van der Waals surface area contributed by atoms with E-state index in [1.165, 1.54) is 31.4 Å². The molecule has 0 heterocycles. The van der Waals surface area contributed by atoms with Crippen molar-refractivity contribution in [3.8, 4) is 5.75 Å². The Morgan fingerprint density at radius 1 is 1.31 bits per heavy atom. The molecule has 0 amide bonds. The third-order valence-corrected chi connectivity index (χ3v) is 2.89. The highest BCUT2D eigenvalue weighted by Gasteiger charge is 2.18. The molecule has 1 aliphatic carbocycles. The average molecular weight is 225 g/mol. The minimum absolute atomic E-state index is 0.192. The van der Waals surface area contributed by atoms with Gasteiger partial charge >= 0.3 is 0 Å². The van der Waals surface area contributed by atoms with E-state index in [1.807, 2.05) is 0 Å². The molecule has 0 saturated heterocycles. The van der Waals surface area contributed by atoms with Crippen LogP contribution in [-0.2, 0) is 11.4 Å². The molecule has 0 unspecified atom stereocenters. The fraction of sp³-hybridized carbons (Fsp3) is 0.500. The van der Waals surface area contributed by atoms with E-state index in [0.29, 0.717) is 23.8 Å². The Kier molecular flexibility index (Phi) is 3.74. The van der Waals surface area contributed by atoms with E-state index >= 15 is 0 Å². The van der Waals surface area contributed by atoms with Gasteiger partial charge in [-0.3, -0.25) is 4.84 Å². The van der Waals surface area contributed by atoms with Crippen LogP contribution >= 0.6 is 0 Å². The zero-order chi connectivity index (χ0) is 11.4. The normalized spacial score (nSPS) is 15.9. The van der Waals surface area contributed by atoms with Gasteiger partial charge in [-0.15, -0.1) is 0 Å². The molecule has 0 aliphatic heterocycles. The van der Waals surface area contributed by atoms with Crippen LogP contribution in [0.1, 0.15) is 24.8 Å². The van der Waals surface area contributed by atoms with E-state index in [9.17, 15) is 4.39 Å². The first kappa shape index (κ1) is 11.4. The molecule has 0 spiro atoms. The molecule has 0 bridgehead atoms. The number of nitrogens with two attached hydrogens (primary N) is 1. The topological polar surface area (TPSA) is 44.5 Å². The summed E-state index contributed by atoms with van der Waals surface area (Å²) in [7, 11) is 0. The number of ether oxygens (including phenoxy) is 1. The molecule has 2 rings (SSSR count). The van der Waals surface area contributed by atoms with Crippen molar-refractivity contribution in [2.24, 2.45) is 11.8 Å². The summed E-state index contributed by atoms with van der Waals surface area (Å²) >= 11 is 0. The first-order valence-corrected chi connectivity index (χ1v) is 5.52. The monoisotopic (exact) mass is 225 g/mol. The van der Waals surface area contributed by atoms with Crippen LogP contribution in [0, 0.1) is 11.7 Å². The van der Waals surface area contributed by atoms with Gasteiger partial charge in [-0.05, 0) is 36.5 Å². The van der Waals surface area contributed by atoms with Crippen molar-refractivity contribution in [2.45, 2.75) is 25.9 Å². The Bertz CT molecular complexity index is 353. The lowest BCUT2D eigenvalue weighted by molar-refractivity contribution is 0.123. The summed E-state index contributed by atoms with van der Waals surface area (Å²) < 4.78 is 18.7. The Labute approximate surface area is 94.3 Å². The number of benzene rings is 1. The van der Waals surface area contributed by atoms with Crippen molar-refractivity contribution < 1.29 is 14.0 Å². The Hall–Kier alpha value is -1.13. The smallest absolute Gasteiger partial charge is 0.127 e. The predicted octanol–water partition coefficient (Wildman–Crippen LogP) is 2.39. The van der Waals surface area contributed by atoms with Gasteiger partial charge in [-0.25, -0.2) is 10.3 Å². The number of hydrogen-bond acceptors (Lipinski definition) is 3. The van der Waals surface area contributed by atoms with E-state index in [0.717, 1.165) is 0 Å². The standard InChI is InChI=1S/C12H16FNO2/c13-11-4-10(8-16-14)5-12(6-11)15-7-9-2-1-3-9/h4-6,9H,1-3,7-8,14H2. The minimum atomic E-state index is -0.321. The molecule has 1 aromatic rings. The van der Waals surface area contributed by atoms with Gasteiger partial charge < -0.3 is 4.74 Å². The highest BCUT2D eigenvalue weighted by atomic mass is 19.1. The minimum Gasteiger partial charge on any atom is -0.493 e. The summed E-state index contributed by atoms with van der Waals surface area (Å²) in [6.45, 7) is 0.865. The van der Waals surface area contributed by atoms with Crippen LogP contribution < -0.4 is 10.6 Å². The zero-order valence-corrected chi connectivity index (χ0v) is 9.12. The van der Waals surface area contributed by atoms with Crippen LogP contribution in [0.4, 0.5) is 4.39 Å². The third-order valence-electron chi connectivity index (χ3n) is 2.89. The van der Waals surface area contributed by atoms with Crippen LogP contribution in [0.25, 0.3) is 0 Å². The fourth-order valence-electron chi connectivity index (χ4n) is 1.76. The van der Waals surface area contributed by atoms with Gasteiger partial charge in [0.15, 0.2) is 0 Å². The number of halogens is 1. The van der Waals surface area contributed by atoms with Gasteiger partial charge in [0.25, 0.3) is 0 Å². The molecule has 0 atom stereocenters. The summed E-state index contributed by atoms with van der Waals surface area (Å²) in [5, 5.41) is 0. The van der Waals surface area contributed by atoms with Crippen molar-refractivity contribution in [2.75, 3.05) is 6.61 Å². The van der Waals surface area contributed by atoms with Gasteiger partial charge in [0.05, 0.1) is 13.2 Å². The summed E-state index contributed by atoms with van der Waals surface area (Å²) in [6, 6.07) is 4.54. The number of rotatable bonds is 5. The Morgan fingerprint density at radius 3 is 2.75 bits per heavy atom. The van der Waals surface area contributed by atoms with Gasteiger partial charge in [-0.2, -0.15) is 0 Å². The second-order valence-electron chi connectivity index (χ2n) is 4.21. The van der Waals surface area contributed by atoms with E-state index < -0.39 is 0 Å². The summed E-state index contributed by atoms with van der Waals surface area (Å²) in [5.41, 5.74) is 0.686. The Balaban J connectivity index is 1.95. The zero-order valence-electron chi connectivity index (χ0n) is 9.12. The van der Waals surface area contributed by atoms with Crippen LogP contribution in [0.5, 0.6) is 5.75 Å². The lowest BCUT2D eigenvalue weighted by Crippen LogP contribution is -2.19. The van der Waals surface area contributed by atoms with E-state index in [1.54, 1.807) is 6.07 Å². The van der Waals surface area contributed by atoms with E-state index in [4.69, 9.17) is 10.6 Å². The molecular formula is C12H16FNO2. The quantitative estimate of drug-likeness (QED) is 0.782. The van der Waals surface area contributed by atoms with Crippen LogP contribution in [0.2, 0.25) is 0 Å². The molecule has 0 aromatic heterocycles. The number of hydrogen-bond donors (Lipinski definition) is 1. The third kappa shape index (κ3) is 2.93. The molecule has 1 fully saturated rings. The molecule has 1 aliphatic rings. The van der Waals surface area contributed by atoms with Crippen molar-refractivity contribution >= 4 is 0 Å². The van der Waals surface area contributed by atoms with Crippen molar-refractivity contribution in [3.63, 3.8) is 0 Å². The molecular weight excluding hydrogens is 209 g/mol. The molecule has 16 heavy (non-hydrogen) atoms. The lowest BCUT2D eigenvalue weighted by Gasteiger charge is -2.25. The van der Waals surface area contributed by atoms with Gasteiger partial charge in [0.2, 0.25) is 0 Å². The van der Waals surface area contributed by atoms with Crippen LogP contribution in [0.3, 0.4) is 0 Å². The maximum absolute atomic E-state index is 13.2. The second kappa shape index (κ2) is 5.27. The van der Waals surface area contributed by atoms with Gasteiger partial charge in [-0.1, -0.05) is 6.42 Å². The molecule has 88 valence electrons. The molecule has 1 saturated carbocycles. The average Bonchev–Trinajstić information content (AvgIpc) is 2.14. The Morgan fingerprint density at radius 2 is 2.12 bits per heavy atom. The first-order valence-electron chi connectivity index (χ1n) is 5.52. The van der Waals surface area contributed by atoms with Crippen molar-refractivity contribution in [1.82, 2.24) is 0 Å². The molecule has 1 aromatic carbocycles. The maximum Gasteiger partial charge on any atom is 0.127 e. The van der Waals surface area contributed by atoms with Crippen LogP contribution in [-0.4, -0.2) is 6.61 Å². The SMILES string of the molecule is NOCc1cc(F)cc(OCC2CCC2)c1. The highest BCUT2D eigenvalue weighted by Crippen LogP contribution is 2.27. The van der Waals surface area contributed by atoms with E-state index in [-0.39, 0.29) is 12.4 Å². The van der Waals surface area contributed by atoms with Crippen molar-refractivity contribution in [1.29, 1.82) is 0 Å². The molecule has 2 N–H and O–H groups in total. The predicted molar refractivity (Wildman–Crippen MR) is 58.2 cm³/mol.